The van der Waals surface area contributed by atoms with E-state index >= 15 is 0 Å². The summed E-state index contributed by atoms with van der Waals surface area (Å²) >= 11 is 0. The lowest BCUT2D eigenvalue weighted by atomic mass is 10.0. The smallest absolute Gasteiger partial charge is 0.117 e. The first-order valence-electron chi connectivity index (χ1n) is 7.13. The van der Waals surface area contributed by atoms with Crippen molar-refractivity contribution in [2.24, 2.45) is 10.8 Å². The highest BCUT2D eigenvalue weighted by atomic mass is 15.3. The van der Waals surface area contributed by atoms with Crippen LogP contribution in [0.5, 0.6) is 0 Å². The average molecular weight is 270 g/mol. The lowest BCUT2D eigenvalue weighted by Crippen LogP contribution is -2.22. The molecule has 4 heteroatoms. The molecule has 1 aromatic carbocycles. The van der Waals surface area contributed by atoms with E-state index in [9.17, 15) is 0 Å². The van der Waals surface area contributed by atoms with Crippen LogP contribution in [0.25, 0.3) is 11.3 Å². The van der Waals surface area contributed by atoms with Crippen molar-refractivity contribution in [3.8, 4) is 11.3 Å². The highest BCUT2D eigenvalue weighted by Crippen LogP contribution is 2.62. The number of hydrogen-bond donors (Lipinski definition) is 2. The molecule has 1 aliphatic rings. The molecule has 1 fully saturated rings. The molecule has 3 rings (SSSR count). The van der Waals surface area contributed by atoms with E-state index in [4.69, 9.17) is 0 Å². The Bertz CT molecular complexity index is 584. The minimum Gasteiger partial charge on any atom is -0.307 e. The van der Waals surface area contributed by atoms with Gasteiger partial charge in [0.15, 0.2) is 0 Å². The van der Waals surface area contributed by atoms with Crippen LogP contribution in [0.3, 0.4) is 0 Å². The van der Waals surface area contributed by atoms with Gasteiger partial charge in [-0.25, -0.2) is 0 Å². The molecule has 2 N–H and O–H groups in total. The molecule has 1 heterocycles. The minimum atomic E-state index is 0.337. The molecule has 1 aromatic heterocycles. The second-order valence-electron chi connectivity index (χ2n) is 6.74. The number of aromatic amines is 1. The lowest BCUT2D eigenvalue weighted by molar-refractivity contribution is 0.457. The van der Waals surface area contributed by atoms with Crippen molar-refractivity contribution < 1.29 is 0 Å². The van der Waals surface area contributed by atoms with Crippen LogP contribution in [-0.2, 0) is 6.54 Å². The standard InChI is InChI=1S/C16H22N4/c1-15(2)14(16(15,3)4)17-10-12-13(19-20-18-12)11-8-6-5-7-9-11/h5-9,14,17H,10H2,1-4H3,(H,18,19,20). The van der Waals surface area contributed by atoms with Crippen molar-refractivity contribution >= 4 is 0 Å². The van der Waals surface area contributed by atoms with Crippen molar-refractivity contribution in [3.05, 3.63) is 36.0 Å². The summed E-state index contributed by atoms with van der Waals surface area (Å²) in [5, 5.41) is 14.9. The Kier molecular flexibility index (Phi) is 2.94. The molecule has 0 unspecified atom stereocenters. The fourth-order valence-electron chi connectivity index (χ4n) is 3.11. The van der Waals surface area contributed by atoms with Crippen LogP contribution in [0, 0.1) is 10.8 Å². The summed E-state index contributed by atoms with van der Waals surface area (Å²) in [5.74, 6) is 0. The lowest BCUT2D eigenvalue weighted by Gasteiger charge is -2.05. The van der Waals surface area contributed by atoms with Crippen molar-refractivity contribution in [2.45, 2.75) is 40.3 Å². The maximum atomic E-state index is 4.29. The van der Waals surface area contributed by atoms with E-state index in [1.54, 1.807) is 0 Å². The van der Waals surface area contributed by atoms with Gasteiger partial charge in [0.05, 0.1) is 0 Å². The highest BCUT2D eigenvalue weighted by molar-refractivity contribution is 5.60. The molecular formula is C16H22N4. The van der Waals surface area contributed by atoms with Crippen LogP contribution in [0.15, 0.2) is 30.3 Å². The summed E-state index contributed by atoms with van der Waals surface area (Å²) in [6.07, 6.45) is 0. The SMILES string of the molecule is CC1(C)C(NCc2n[nH]nc2-c2ccccc2)C1(C)C. The maximum Gasteiger partial charge on any atom is 0.117 e. The number of rotatable bonds is 4. The van der Waals surface area contributed by atoms with Gasteiger partial charge in [0.25, 0.3) is 0 Å². The van der Waals surface area contributed by atoms with Gasteiger partial charge in [0.2, 0.25) is 0 Å². The molecule has 0 saturated heterocycles. The molecule has 0 aliphatic heterocycles. The van der Waals surface area contributed by atoms with E-state index in [-0.39, 0.29) is 0 Å². The first kappa shape index (κ1) is 13.3. The molecule has 2 aromatic rings. The summed E-state index contributed by atoms with van der Waals surface area (Å²) in [4.78, 5) is 0. The second-order valence-corrected chi connectivity index (χ2v) is 6.74. The third-order valence-corrected chi connectivity index (χ3v) is 5.16. The fourth-order valence-corrected chi connectivity index (χ4v) is 3.11. The van der Waals surface area contributed by atoms with Crippen LogP contribution < -0.4 is 5.32 Å². The molecule has 0 atom stereocenters. The van der Waals surface area contributed by atoms with E-state index < -0.39 is 0 Å². The second kappa shape index (κ2) is 4.42. The molecule has 1 aliphatic carbocycles. The number of benzene rings is 1. The van der Waals surface area contributed by atoms with Crippen molar-refractivity contribution in [2.75, 3.05) is 0 Å². The highest BCUT2D eigenvalue weighted by Gasteiger charge is 2.64. The molecule has 20 heavy (non-hydrogen) atoms. The Balaban J connectivity index is 1.73. The first-order chi connectivity index (χ1) is 9.44. The maximum absolute atomic E-state index is 4.29. The van der Waals surface area contributed by atoms with Crippen LogP contribution in [0.2, 0.25) is 0 Å². The van der Waals surface area contributed by atoms with Gasteiger partial charge in [-0.15, -0.1) is 0 Å². The Morgan fingerprint density at radius 3 is 2.30 bits per heavy atom. The summed E-state index contributed by atoms with van der Waals surface area (Å²) in [7, 11) is 0. The van der Waals surface area contributed by atoms with Gasteiger partial charge in [-0.2, -0.15) is 15.4 Å². The molecular weight excluding hydrogens is 248 g/mol. The molecule has 0 spiro atoms. The van der Waals surface area contributed by atoms with Gasteiger partial charge in [-0.3, -0.25) is 0 Å². The topological polar surface area (TPSA) is 53.6 Å². The average Bonchev–Trinajstić information content (AvgIpc) is 2.76. The van der Waals surface area contributed by atoms with E-state index in [0.29, 0.717) is 16.9 Å². The van der Waals surface area contributed by atoms with Gasteiger partial charge in [0, 0.05) is 18.2 Å². The van der Waals surface area contributed by atoms with Gasteiger partial charge in [-0.05, 0) is 10.8 Å². The monoisotopic (exact) mass is 270 g/mol. The number of H-pyrrole nitrogens is 1. The van der Waals surface area contributed by atoms with E-state index in [0.717, 1.165) is 23.5 Å². The van der Waals surface area contributed by atoms with Crippen molar-refractivity contribution in [1.29, 1.82) is 0 Å². The molecule has 0 radical (unpaired) electrons. The summed E-state index contributed by atoms with van der Waals surface area (Å²) < 4.78 is 0. The largest absolute Gasteiger partial charge is 0.307 e. The van der Waals surface area contributed by atoms with Gasteiger partial charge in [0.1, 0.15) is 11.4 Å². The molecule has 4 nitrogen and oxygen atoms in total. The number of nitrogens with one attached hydrogen (secondary N) is 2. The van der Waals surface area contributed by atoms with Crippen molar-refractivity contribution in [1.82, 2.24) is 20.7 Å². The fraction of sp³-hybridized carbons (Fsp3) is 0.500. The minimum absolute atomic E-state index is 0.337. The predicted molar refractivity (Wildman–Crippen MR) is 80.0 cm³/mol. The Morgan fingerprint density at radius 2 is 1.70 bits per heavy atom. The Hall–Kier alpha value is -1.68. The molecule has 1 saturated carbocycles. The number of hydrogen-bond acceptors (Lipinski definition) is 3. The van der Waals surface area contributed by atoms with Crippen LogP contribution >= 0.6 is 0 Å². The van der Waals surface area contributed by atoms with Crippen LogP contribution in [-0.4, -0.2) is 21.5 Å². The zero-order valence-electron chi connectivity index (χ0n) is 12.6. The third kappa shape index (κ3) is 1.95. The predicted octanol–water partition coefficient (Wildman–Crippen LogP) is 3.00. The van der Waals surface area contributed by atoms with Gasteiger partial charge in [-0.1, -0.05) is 58.0 Å². The van der Waals surface area contributed by atoms with Gasteiger partial charge < -0.3 is 5.32 Å². The third-order valence-electron chi connectivity index (χ3n) is 5.16. The Morgan fingerprint density at radius 1 is 1.05 bits per heavy atom. The number of aromatic nitrogens is 3. The Labute approximate surface area is 120 Å². The van der Waals surface area contributed by atoms with Crippen LogP contribution in [0.4, 0.5) is 0 Å². The number of nitrogens with zero attached hydrogens (tertiary/aromatic N) is 2. The summed E-state index contributed by atoms with van der Waals surface area (Å²) in [6.45, 7) is 9.99. The van der Waals surface area contributed by atoms with E-state index in [2.05, 4.69) is 60.6 Å². The van der Waals surface area contributed by atoms with Gasteiger partial charge >= 0.3 is 0 Å². The molecule has 0 amide bonds. The van der Waals surface area contributed by atoms with E-state index in [1.807, 2.05) is 18.2 Å². The van der Waals surface area contributed by atoms with Crippen molar-refractivity contribution in [3.63, 3.8) is 0 Å². The normalized spacial score (nSPS) is 20.0. The van der Waals surface area contributed by atoms with E-state index in [1.165, 1.54) is 0 Å². The zero-order valence-corrected chi connectivity index (χ0v) is 12.6. The van der Waals surface area contributed by atoms with Crippen LogP contribution in [0.1, 0.15) is 33.4 Å². The quantitative estimate of drug-likeness (QED) is 0.898. The molecule has 106 valence electrons. The summed E-state index contributed by atoms with van der Waals surface area (Å²) in [6, 6.07) is 10.7. The first-order valence-corrected chi connectivity index (χ1v) is 7.13. The molecule has 0 bridgehead atoms. The summed E-state index contributed by atoms with van der Waals surface area (Å²) in [5.41, 5.74) is 3.70. The zero-order chi connectivity index (χ0) is 14.4.